The Morgan fingerprint density at radius 2 is 2.29 bits per heavy atom. The van der Waals surface area contributed by atoms with Crippen molar-refractivity contribution in [3.8, 4) is 0 Å². The number of aryl methyl sites for hydroxylation is 1. The van der Waals surface area contributed by atoms with E-state index in [4.69, 9.17) is 21.1 Å². The third kappa shape index (κ3) is 2.99. The van der Waals surface area contributed by atoms with Gasteiger partial charge in [0.2, 0.25) is 5.89 Å². The molecular weight excluding hydrogens is 240 g/mol. The van der Waals surface area contributed by atoms with Gasteiger partial charge >= 0.3 is 0 Å². The first-order valence-electron chi connectivity index (χ1n) is 5.23. The number of hydrogen-bond acceptors (Lipinski definition) is 4. The molecule has 0 bridgehead atoms. The summed E-state index contributed by atoms with van der Waals surface area (Å²) >= 11 is 6.03. The maximum absolute atomic E-state index is 9.04. The first-order chi connectivity index (χ1) is 8.19. The summed E-state index contributed by atoms with van der Waals surface area (Å²) in [5.41, 5.74) is 1.56. The monoisotopic (exact) mass is 252 g/mol. The van der Waals surface area contributed by atoms with Gasteiger partial charge in [-0.15, -0.1) is 0 Å². The van der Waals surface area contributed by atoms with Crippen LogP contribution in [0.4, 0.5) is 5.69 Å². The van der Waals surface area contributed by atoms with E-state index in [-0.39, 0.29) is 6.61 Å². The van der Waals surface area contributed by atoms with Crippen LogP contribution in [0.15, 0.2) is 28.8 Å². The molecule has 1 aromatic carbocycles. The van der Waals surface area contributed by atoms with Gasteiger partial charge in [-0.2, -0.15) is 0 Å². The third-order valence-corrected chi connectivity index (χ3v) is 2.64. The highest BCUT2D eigenvalue weighted by Crippen LogP contribution is 2.23. The van der Waals surface area contributed by atoms with Gasteiger partial charge in [-0.25, -0.2) is 4.98 Å². The molecule has 5 heteroatoms. The largest absolute Gasteiger partial charge is 0.444 e. The second-order valence-electron chi connectivity index (χ2n) is 3.69. The molecule has 2 N–H and O–H groups in total. The smallest absolute Gasteiger partial charge is 0.213 e. The Balaban J connectivity index is 2.07. The van der Waals surface area contributed by atoms with Gasteiger partial charge in [-0.1, -0.05) is 17.7 Å². The van der Waals surface area contributed by atoms with Crippen LogP contribution < -0.4 is 5.32 Å². The first-order valence-corrected chi connectivity index (χ1v) is 5.61. The zero-order chi connectivity index (χ0) is 12.3. The number of rotatable bonds is 4. The van der Waals surface area contributed by atoms with Crippen molar-refractivity contribution >= 4 is 17.3 Å². The molecule has 0 saturated heterocycles. The molecule has 1 heterocycles. The molecule has 2 aromatic rings. The Hall–Kier alpha value is -1.52. The van der Waals surface area contributed by atoms with Gasteiger partial charge in [0.05, 0.1) is 30.1 Å². The molecule has 4 nitrogen and oxygen atoms in total. The van der Waals surface area contributed by atoms with Crippen molar-refractivity contribution in [1.82, 2.24) is 4.98 Å². The highest BCUT2D eigenvalue weighted by Gasteiger charge is 2.04. The van der Waals surface area contributed by atoms with Gasteiger partial charge in [0.25, 0.3) is 0 Å². The Morgan fingerprint density at radius 3 is 2.94 bits per heavy atom. The SMILES string of the molecule is Cc1cnc(CNc2cc(CO)ccc2Cl)o1. The van der Waals surface area contributed by atoms with E-state index >= 15 is 0 Å². The molecule has 0 radical (unpaired) electrons. The molecule has 2 rings (SSSR count). The summed E-state index contributed by atoms with van der Waals surface area (Å²) in [6.07, 6.45) is 1.67. The minimum Gasteiger partial charge on any atom is -0.444 e. The lowest BCUT2D eigenvalue weighted by molar-refractivity contribution is 0.282. The lowest BCUT2D eigenvalue weighted by atomic mass is 10.2. The fraction of sp³-hybridized carbons (Fsp3) is 0.250. The van der Waals surface area contributed by atoms with Crippen LogP contribution in [0.3, 0.4) is 0 Å². The predicted octanol–water partition coefficient (Wildman–Crippen LogP) is 2.74. The molecule has 0 spiro atoms. The number of anilines is 1. The Bertz CT molecular complexity index is 511. The van der Waals surface area contributed by atoms with Gasteiger partial charge in [0.1, 0.15) is 5.76 Å². The minimum absolute atomic E-state index is 0.00996. The van der Waals surface area contributed by atoms with Crippen molar-refractivity contribution in [2.45, 2.75) is 20.1 Å². The van der Waals surface area contributed by atoms with E-state index in [1.807, 2.05) is 6.92 Å². The average molecular weight is 253 g/mol. The van der Waals surface area contributed by atoms with Crippen LogP contribution in [0.1, 0.15) is 17.2 Å². The lowest BCUT2D eigenvalue weighted by Gasteiger charge is -2.07. The van der Waals surface area contributed by atoms with Gasteiger partial charge in [-0.05, 0) is 24.6 Å². The second kappa shape index (κ2) is 5.21. The molecule has 0 amide bonds. The van der Waals surface area contributed by atoms with Crippen LogP contribution >= 0.6 is 11.6 Å². The van der Waals surface area contributed by atoms with Crippen molar-refractivity contribution in [3.63, 3.8) is 0 Å². The van der Waals surface area contributed by atoms with Crippen molar-refractivity contribution in [2.75, 3.05) is 5.32 Å². The first kappa shape index (κ1) is 12.0. The lowest BCUT2D eigenvalue weighted by Crippen LogP contribution is -2.00. The molecule has 0 aliphatic carbocycles. The van der Waals surface area contributed by atoms with Crippen LogP contribution in [-0.4, -0.2) is 10.1 Å². The second-order valence-corrected chi connectivity index (χ2v) is 4.10. The van der Waals surface area contributed by atoms with Crippen molar-refractivity contribution in [3.05, 3.63) is 46.6 Å². The number of aliphatic hydroxyl groups is 1. The number of halogens is 1. The van der Waals surface area contributed by atoms with Gasteiger partial charge in [0.15, 0.2) is 0 Å². The minimum atomic E-state index is -0.00996. The molecule has 0 atom stereocenters. The molecule has 0 aliphatic rings. The number of benzene rings is 1. The topological polar surface area (TPSA) is 58.3 Å². The summed E-state index contributed by atoms with van der Waals surface area (Å²) in [5.74, 6) is 1.38. The summed E-state index contributed by atoms with van der Waals surface area (Å²) in [5, 5.41) is 12.8. The van der Waals surface area contributed by atoms with Gasteiger partial charge in [0, 0.05) is 0 Å². The zero-order valence-corrected chi connectivity index (χ0v) is 10.2. The maximum atomic E-state index is 9.04. The third-order valence-electron chi connectivity index (χ3n) is 2.31. The number of nitrogens with one attached hydrogen (secondary N) is 1. The van der Waals surface area contributed by atoms with E-state index in [9.17, 15) is 0 Å². The molecular formula is C12H13ClN2O2. The van der Waals surface area contributed by atoms with E-state index in [2.05, 4.69) is 10.3 Å². The highest BCUT2D eigenvalue weighted by atomic mass is 35.5. The number of aliphatic hydroxyl groups excluding tert-OH is 1. The van der Waals surface area contributed by atoms with Crippen molar-refractivity contribution in [2.24, 2.45) is 0 Å². The maximum Gasteiger partial charge on any atom is 0.213 e. The Labute approximate surface area is 104 Å². The fourth-order valence-corrected chi connectivity index (χ4v) is 1.64. The summed E-state index contributed by atoms with van der Waals surface area (Å²) in [4.78, 5) is 4.08. The van der Waals surface area contributed by atoms with Crippen LogP contribution in [0, 0.1) is 6.92 Å². The number of oxazole rings is 1. The van der Waals surface area contributed by atoms with E-state index < -0.39 is 0 Å². The van der Waals surface area contributed by atoms with Crippen LogP contribution in [0.25, 0.3) is 0 Å². The molecule has 17 heavy (non-hydrogen) atoms. The van der Waals surface area contributed by atoms with E-state index in [1.165, 1.54) is 0 Å². The van der Waals surface area contributed by atoms with E-state index in [0.29, 0.717) is 17.5 Å². The number of nitrogens with zero attached hydrogens (tertiary/aromatic N) is 1. The van der Waals surface area contributed by atoms with Gasteiger partial charge < -0.3 is 14.8 Å². The van der Waals surface area contributed by atoms with Gasteiger partial charge in [-0.3, -0.25) is 0 Å². The highest BCUT2D eigenvalue weighted by molar-refractivity contribution is 6.33. The molecule has 1 aromatic heterocycles. The van der Waals surface area contributed by atoms with Crippen LogP contribution in [0.5, 0.6) is 0 Å². The summed E-state index contributed by atoms with van der Waals surface area (Å²) in [7, 11) is 0. The normalized spacial score (nSPS) is 10.5. The Kier molecular flexibility index (Phi) is 3.66. The quantitative estimate of drug-likeness (QED) is 0.879. The molecule has 0 unspecified atom stereocenters. The van der Waals surface area contributed by atoms with Crippen LogP contribution in [-0.2, 0) is 13.2 Å². The van der Waals surface area contributed by atoms with E-state index in [0.717, 1.165) is 17.0 Å². The zero-order valence-electron chi connectivity index (χ0n) is 9.40. The summed E-state index contributed by atoms with van der Waals surface area (Å²) in [6, 6.07) is 5.33. The summed E-state index contributed by atoms with van der Waals surface area (Å²) < 4.78 is 5.34. The molecule has 90 valence electrons. The fourth-order valence-electron chi connectivity index (χ4n) is 1.46. The number of hydrogen-bond donors (Lipinski definition) is 2. The van der Waals surface area contributed by atoms with E-state index in [1.54, 1.807) is 24.4 Å². The molecule has 0 saturated carbocycles. The molecule has 0 aliphatic heterocycles. The number of aromatic nitrogens is 1. The summed E-state index contributed by atoms with van der Waals surface area (Å²) in [6.45, 7) is 2.29. The predicted molar refractivity (Wildman–Crippen MR) is 65.9 cm³/mol. The molecule has 0 fully saturated rings. The van der Waals surface area contributed by atoms with Crippen molar-refractivity contribution < 1.29 is 9.52 Å². The van der Waals surface area contributed by atoms with Crippen LogP contribution in [0.2, 0.25) is 5.02 Å². The average Bonchev–Trinajstić information content (AvgIpc) is 2.74. The standard InChI is InChI=1S/C12H13ClN2O2/c1-8-5-15-12(17-8)6-14-11-4-9(7-16)2-3-10(11)13/h2-5,14,16H,6-7H2,1H3. The Morgan fingerprint density at radius 1 is 1.47 bits per heavy atom. The van der Waals surface area contributed by atoms with Crippen molar-refractivity contribution in [1.29, 1.82) is 0 Å².